The van der Waals surface area contributed by atoms with Gasteiger partial charge in [-0.15, -0.1) is 0 Å². The standard InChI is InChI=1S/C20H30N2O3.C19H26ClNO.C19H26FN.C18H27NO/c1-3-25-20(23)22-14-10-17(11-15-22)21-12-8-16(9-13-21)18-6-4-5-7-19(18)24-2;1-22-19-5-4-16(20)12-17(19)14-6-8-21(9-7-14)18-11-13-2-3-15(18)10-13;1-13-2-5-17(20)12-18(13)15-6-8-21(9-7-15)19-11-14-3-4-16(19)10-14;1-14-7-8-16(13-14)19-11-9-15(10-12-19)17-5-3-4-6-18(17)20-2/h4-7,16-17H,3,8-15H2,1-2H3;4-5,12-15,18H,2-3,6-11H2,1H3;2,5,12,14-16,19H,3-4,6-11H2,1H3;3-6,14-16H,7-13H2,1-2H3/t;;14-,16?,19-;14-,16?/m..01/s1. The van der Waals surface area contributed by atoms with E-state index in [0.29, 0.717) is 36.3 Å². The number of ether oxygens (including phenoxy) is 4. The maximum atomic E-state index is 13.5. The number of aryl methyl sites for hydroxylation is 1. The van der Waals surface area contributed by atoms with Crippen LogP contribution in [-0.2, 0) is 4.74 Å². The summed E-state index contributed by atoms with van der Waals surface area (Å²) in [6.45, 7) is 18.2. The summed E-state index contributed by atoms with van der Waals surface area (Å²) in [6, 6.07) is 31.5. The predicted molar refractivity (Wildman–Crippen MR) is 356 cm³/mol. The van der Waals surface area contributed by atoms with E-state index in [1.165, 1.54) is 189 Å². The van der Waals surface area contributed by atoms with Crippen molar-refractivity contribution in [3.8, 4) is 17.2 Å². The molecule has 4 aromatic carbocycles. The third-order valence-electron chi connectivity index (χ3n) is 23.6. The van der Waals surface area contributed by atoms with Gasteiger partial charge in [-0.05, 0) is 312 Å². The van der Waals surface area contributed by atoms with Crippen LogP contribution in [0, 0.1) is 42.3 Å². The Balaban J connectivity index is 0.000000122. The van der Waals surface area contributed by atoms with E-state index in [9.17, 15) is 9.18 Å². The number of hydrogen-bond donors (Lipinski definition) is 0. The first-order valence-electron chi connectivity index (χ1n) is 35.2. The number of carbonyl (C=O) groups is 1. The van der Waals surface area contributed by atoms with Crippen LogP contribution in [0.3, 0.4) is 0 Å². The smallest absolute Gasteiger partial charge is 0.409 e. The molecule has 12 heteroatoms. The van der Waals surface area contributed by atoms with Gasteiger partial charge in [0.1, 0.15) is 23.1 Å². The summed E-state index contributed by atoms with van der Waals surface area (Å²) < 4.78 is 35.2. The molecule has 10 nitrogen and oxygen atoms in total. The Morgan fingerprint density at radius 2 is 0.943 bits per heavy atom. The van der Waals surface area contributed by atoms with Crippen molar-refractivity contribution in [2.75, 3.05) is 93.4 Å². The van der Waals surface area contributed by atoms with Gasteiger partial charge in [-0.2, -0.15) is 0 Å². The fourth-order valence-corrected chi connectivity index (χ4v) is 19.0. The molecule has 10 fully saturated rings. The highest BCUT2D eigenvalue weighted by atomic mass is 35.5. The highest BCUT2D eigenvalue weighted by molar-refractivity contribution is 6.30. The fourth-order valence-electron chi connectivity index (χ4n) is 18.8. The van der Waals surface area contributed by atoms with Crippen LogP contribution in [0.5, 0.6) is 17.2 Å². The van der Waals surface area contributed by atoms with E-state index in [2.05, 4.69) is 82.0 Å². The molecule has 5 aliphatic heterocycles. The number of benzene rings is 4. The van der Waals surface area contributed by atoms with Crippen LogP contribution in [0.2, 0.25) is 5.02 Å². The fraction of sp³-hybridized carbons (Fsp3) is 0.671. The second-order valence-corrected chi connectivity index (χ2v) is 29.0. The number of hydrogen-bond acceptors (Lipinski definition) is 9. The monoisotopic (exact) mass is 1230 g/mol. The van der Waals surface area contributed by atoms with Crippen LogP contribution in [0.4, 0.5) is 9.18 Å². The lowest BCUT2D eigenvalue weighted by molar-refractivity contribution is 0.0662. The highest BCUT2D eigenvalue weighted by Crippen LogP contribution is 2.50. The molecule has 14 rings (SSSR count). The van der Waals surface area contributed by atoms with Crippen LogP contribution >= 0.6 is 11.6 Å². The number of likely N-dealkylation sites (tertiary alicyclic amines) is 5. The molecule has 10 aliphatic rings. The van der Waals surface area contributed by atoms with Gasteiger partial charge in [-0.1, -0.05) is 73.8 Å². The first-order valence-corrected chi connectivity index (χ1v) is 35.6. The van der Waals surface area contributed by atoms with E-state index in [0.717, 1.165) is 109 Å². The molecule has 0 radical (unpaired) electrons. The number of fused-ring (bicyclic) bond motifs is 4. The minimum absolute atomic E-state index is 0.0777. The van der Waals surface area contributed by atoms with Crippen LogP contribution in [0.15, 0.2) is 84.9 Å². The highest BCUT2D eigenvalue weighted by Gasteiger charge is 2.45. The molecular formula is C76H109ClFN5O5. The summed E-state index contributed by atoms with van der Waals surface area (Å²) >= 11 is 6.20. The zero-order valence-electron chi connectivity index (χ0n) is 54.7. The zero-order valence-corrected chi connectivity index (χ0v) is 55.5. The lowest BCUT2D eigenvalue weighted by Gasteiger charge is -2.41. The van der Waals surface area contributed by atoms with Crippen LogP contribution in [0.1, 0.15) is 200 Å². The summed E-state index contributed by atoms with van der Waals surface area (Å²) in [6.07, 6.45) is 27.9. The van der Waals surface area contributed by atoms with E-state index >= 15 is 0 Å². The molecule has 5 heterocycles. The quantitative estimate of drug-likeness (QED) is 0.138. The normalized spacial score (nSPS) is 28.5. The molecule has 4 bridgehead atoms. The molecule has 0 spiro atoms. The molecule has 1 amide bonds. The van der Waals surface area contributed by atoms with E-state index in [4.69, 9.17) is 30.5 Å². The second-order valence-electron chi connectivity index (χ2n) is 28.6. The Kier molecular flexibility index (Phi) is 23.2. The lowest BCUT2D eigenvalue weighted by Crippen LogP contribution is -2.48. The number of methoxy groups -OCH3 is 3. The van der Waals surface area contributed by atoms with Gasteiger partial charge in [0.15, 0.2) is 0 Å². The Hall–Kier alpha value is -4.39. The van der Waals surface area contributed by atoms with E-state index in [1.54, 1.807) is 33.5 Å². The third-order valence-corrected chi connectivity index (χ3v) is 23.9. The van der Waals surface area contributed by atoms with Crippen molar-refractivity contribution in [2.24, 2.45) is 29.6 Å². The van der Waals surface area contributed by atoms with Crippen molar-refractivity contribution < 1.29 is 28.1 Å². The Morgan fingerprint density at radius 1 is 0.477 bits per heavy atom. The summed E-state index contributed by atoms with van der Waals surface area (Å²) in [5.74, 6) is 10.4. The summed E-state index contributed by atoms with van der Waals surface area (Å²) in [7, 11) is 5.30. The van der Waals surface area contributed by atoms with Crippen molar-refractivity contribution >= 4 is 17.7 Å². The van der Waals surface area contributed by atoms with E-state index < -0.39 is 0 Å². The maximum Gasteiger partial charge on any atom is 0.409 e. The number of para-hydroxylation sites is 2. The molecule has 8 atom stereocenters. The van der Waals surface area contributed by atoms with Gasteiger partial charge in [-0.3, -0.25) is 0 Å². The minimum atomic E-state index is -0.157. The molecule has 5 unspecified atom stereocenters. The number of piperidine rings is 5. The minimum Gasteiger partial charge on any atom is -0.496 e. The molecule has 482 valence electrons. The lowest BCUT2D eigenvalue weighted by atomic mass is 9.85. The first kappa shape index (κ1) is 65.1. The molecule has 0 aromatic heterocycles. The van der Waals surface area contributed by atoms with Crippen molar-refractivity contribution in [3.63, 3.8) is 0 Å². The van der Waals surface area contributed by atoms with Gasteiger partial charge < -0.3 is 43.4 Å². The largest absolute Gasteiger partial charge is 0.496 e. The van der Waals surface area contributed by atoms with Gasteiger partial charge in [0.05, 0.1) is 27.9 Å². The van der Waals surface area contributed by atoms with Gasteiger partial charge in [0, 0.05) is 42.3 Å². The number of amides is 1. The molecule has 5 saturated carbocycles. The van der Waals surface area contributed by atoms with Gasteiger partial charge in [0.25, 0.3) is 0 Å². The van der Waals surface area contributed by atoms with Gasteiger partial charge >= 0.3 is 6.09 Å². The van der Waals surface area contributed by atoms with Crippen molar-refractivity contribution in [1.29, 1.82) is 0 Å². The van der Waals surface area contributed by atoms with Crippen LogP contribution in [-0.4, -0.2) is 148 Å². The third kappa shape index (κ3) is 16.1. The molecule has 4 aromatic rings. The molecule has 5 saturated heterocycles. The topological polar surface area (TPSA) is 70.2 Å². The SMILES string of the molecule is CCOC(=O)N1CCC(N2CCC(c3ccccc3OC)CC2)CC1.COc1ccc(Cl)cc1C1CCN(C2CC3CCC2C3)CC1.COc1ccccc1C1CCN(C2CC[C@@H](C)C2)CC1.Cc1ccc(F)cc1C1CCN([C@H]2C[C@H]3CCC2C3)CC1. The molecule has 88 heavy (non-hydrogen) atoms. The average molecular weight is 1230 g/mol. The number of nitrogens with zero attached hydrogens (tertiary/aromatic N) is 5. The molecular weight excluding hydrogens is 1120 g/mol. The molecule has 0 N–H and O–H groups in total. The number of rotatable bonds is 12. The van der Waals surface area contributed by atoms with Crippen molar-refractivity contribution in [3.05, 3.63) is 124 Å². The Labute approximate surface area is 534 Å². The summed E-state index contributed by atoms with van der Waals surface area (Å²) in [4.78, 5) is 24.6. The zero-order chi connectivity index (χ0) is 61.1. The Bertz CT molecular complexity index is 2820. The predicted octanol–water partition coefficient (Wildman–Crippen LogP) is 16.8. The second kappa shape index (κ2) is 31.3. The van der Waals surface area contributed by atoms with Crippen molar-refractivity contribution in [1.82, 2.24) is 24.5 Å². The Morgan fingerprint density at radius 3 is 1.40 bits per heavy atom. The number of carbonyl (C=O) groups excluding carboxylic acids is 1. The van der Waals surface area contributed by atoms with Crippen molar-refractivity contribution in [2.45, 2.75) is 203 Å². The molecule has 5 aliphatic carbocycles. The van der Waals surface area contributed by atoms with E-state index in [-0.39, 0.29) is 11.9 Å². The van der Waals surface area contributed by atoms with Gasteiger partial charge in [-0.25, -0.2) is 9.18 Å². The average Bonchev–Trinajstić information content (AvgIpc) is 2.83. The number of halogens is 2. The van der Waals surface area contributed by atoms with Crippen LogP contribution in [0.25, 0.3) is 0 Å². The van der Waals surface area contributed by atoms with Crippen LogP contribution < -0.4 is 14.2 Å². The van der Waals surface area contributed by atoms with E-state index in [1.807, 2.05) is 36.1 Å². The summed E-state index contributed by atoms with van der Waals surface area (Å²) in [5.41, 5.74) is 6.58. The first-order chi connectivity index (χ1) is 42.9. The van der Waals surface area contributed by atoms with Gasteiger partial charge in [0.2, 0.25) is 0 Å². The summed E-state index contributed by atoms with van der Waals surface area (Å²) in [5, 5.41) is 0.825. The maximum absolute atomic E-state index is 13.5.